The Kier molecular flexibility index (Phi) is 2.76. The largest absolute Gasteiger partial charge is 0.298 e. The number of hydrogen-bond donors (Lipinski definition) is 0. The Morgan fingerprint density at radius 3 is 2.83 bits per heavy atom. The molecule has 1 amide bonds. The van der Waals surface area contributed by atoms with E-state index in [1.54, 1.807) is 24.4 Å². The molecule has 1 aromatic rings. The number of nitrogens with zero attached hydrogens (tertiary/aromatic N) is 2. The van der Waals surface area contributed by atoms with Crippen LogP contribution in [0.15, 0.2) is 24.4 Å². The van der Waals surface area contributed by atoms with Gasteiger partial charge in [-0.3, -0.25) is 9.69 Å². The lowest BCUT2D eigenvalue weighted by atomic mass is 10.4. The first-order valence-electron chi connectivity index (χ1n) is 3.51. The number of amides is 1. The van der Waals surface area contributed by atoms with Crippen LogP contribution in [0.4, 0.5) is 5.82 Å². The number of aromatic nitrogens is 1. The smallest absolute Gasteiger partial charge is 0.257 e. The first-order valence-corrected chi connectivity index (χ1v) is 3.51. The van der Waals surface area contributed by atoms with Gasteiger partial charge < -0.3 is 0 Å². The zero-order valence-electron chi connectivity index (χ0n) is 6.73. The highest BCUT2D eigenvalue weighted by Gasteiger charge is 2.09. The number of carbonyl (C=O) groups is 1. The lowest BCUT2D eigenvalue weighted by Gasteiger charge is -2.13. The SMILES string of the molecule is CN(C(=O)C[O])c1ccccn1. The zero-order valence-corrected chi connectivity index (χ0v) is 6.73. The molecule has 0 aliphatic carbocycles. The molecule has 63 valence electrons. The van der Waals surface area contributed by atoms with Gasteiger partial charge in [0, 0.05) is 13.2 Å². The van der Waals surface area contributed by atoms with Crippen molar-refractivity contribution in [1.29, 1.82) is 0 Å². The monoisotopic (exact) mass is 165 g/mol. The van der Waals surface area contributed by atoms with Gasteiger partial charge in [-0.15, -0.1) is 0 Å². The van der Waals surface area contributed by atoms with Gasteiger partial charge in [0.15, 0.2) is 6.61 Å². The van der Waals surface area contributed by atoms with Crippen molar-refractivity contribution in [2.45, 2.75) is 0 Å². The summed E-state index contributed by atoms with van der Waals surface area (Å²) in [5.74, 6) is 0.0204. The fourth-order valence-electron chi connectivity index (χ4n) is 0.777. The molecule has 0 saturated heterocycles. The van der Waals surface area contributed by atoms with Crippen molar-refractivity contribution >= 4 is 11.7 Å². The summed E-state index contributed by atoms with van der Waals surface area (Å²) < 4.78 is 0. The summed E-state index contributed by atoms with van der Waals surface area (Å²) in [4.78, 5) is 16.0. The van der Waals surface area contributed by atoms with Crippen LogP contribution in [-0.4, -0.2) is 24.5 Å². The van der Waals surface area contributed by atoms with Crippen LogP contribution in [0.25, 0.3) is 0 Å². The van der Waals surface area contributed by atoms with Gasteiger partial charge in [0.25, 0.3) is 5.91 Å². The number of carbonyl (C=O) groups excluding carboxylic acids is 1. The van der Waals surface area contributed by atoms with E-state index in [0.717, 1.165) is 0 Å². The lowest BCUT2D eigenvalue weighted by Crippen LogP contribution is -2.29. The maximum Gasteiger partial charge on any atom is 0.257 e. The van der Waals surface area contributed by atoms with Crippen LogP contribution in [0.5, 0.6) is 0 Å². The van der Waals surface area contributed by atoms with E-state index in [1.165, 1.54) is 11.9 Å². The van der Waals surface area contributed by atoms with E-state index in [2.05, 4.69) is 4.98 Å². The van der Waals surface area contributed by atoms with Crippen LogP contribution < -0.4 is 4.90 Å². The summed E-state index contributed by atoms with van der Waals surface area (Å²) >= 11 is 0. The van der Waals surface area contributed by atoms with E-state index in [4.69, 9.17) is 0 Å². The Morgan fingerprint density at radius 2 is 2.33 bits per heavy atom. The molecule has 12 heavy (non-hydrogen) atoms. The van der Waals surface area contributed by atoms with E-state index in [9.17, 15) is 9.90 Å². The van der Waals surface area contributed by atoms with Crippen molar-refractivity contribution < 1.29 is 9.90 Å². The van der Waals surface area contributed by atoms with Crippen LogP contribution in [0.2, 0.25) is 0 Å². The molecule has 1 heterocycles. The lowest BCUT2D eigenvalue weighted by molar-refractivity contribution is -0.122. The molecular weight excluding hydrogens is 156 g/mol. The van der Waals surface area contributed by atoms with Gasteiger partial charge in [-0.05, 0) is 12.1 Å². The molecule has 0 aliphatic heterocycles. The second-order valence-electron chi connectivity index (χ2n) is 2.29. The molecule has 0 unspecified atom stereocenters. The number of pyridine rings is 1. The van der Waals surface area contributed by atoms with Crippen LogP contribution in [0.1, 0.15) is 0 Å². The maximum absolute atomic E-state index is 10.9. The molecule has 1 rings (SSSR count). The second-order valence-corrected chi connectivity index (χ2v) is 2.29. The molecule has 0 N–H and O–H groups in total. The predicted octanol–water partition coefficient (Wildman–Crippen LogP) is 0.475. The van der Waals surface area contributed by atoms with E-state index in [1.807, 2.05) is 0 Å². The first kappa shape index (κ1) is 8.67. The Bertz CT molecular complexity index is 261. The fourth-order valence-corrected chi connectivity index (χ4v) is 0.777. The molecule has 0 bridgehead atoms. The predicted molar refractivity (Wildman–Crippen MR) is 43.2 cm³/mol. The summed E-state index contributed by atoms with van der Waals surface area (Å²) in [7, 11) is 1.53. The van der Waals surface area contributed by atoms with E-state index >= 15 is 0 Å². The van der Waals surface area contributed by atoms with Gasteiger partial charge in [-0.1, -0.05) is 6.07 Å². The van der Waals surface area contributed by atoms with Crippen molar-refractivity contribution in [3.05, 3.63) is 24.4 Å². The topological polar surface area (TPSA) is 53.1 Å². The Hall–Kier alpha value is -1.42. The normalized spacial score (nSPS) is 9.50. The van der Waals surface area contributed by atoms with E-state index in [0.29, 0.717) is 5.82 Å². The van der Waals surface area contributed by atoms with Gasteiger partial charge in [0.2, 0.25) is 0 Å². The molecule has 1 radical (unpaired) electrons. The van der Waals surface area contributed by atoms with Gasteiger partial charge in [-0.2, -0.15) is 0 Å². The summed E-state index contributed by atoms with van der Waals surface area (Å²) in [5.41, 5.74) is 0. The van der Waals surface area contributed by atoms with Crippen molar-refractivity contribution in [3.63, 3.8) is 0 Å². The van der Waals surface area contributed by atoms with Gasteiger partial charge in [0.1, 0.15) is 5.82 Å². The number of hydrogen-bond acceptors (Lipinski definition) is 2. The molecule has 0 aromatic carbocycles. The standard InChI is InChI=1S/C8H9N2O2/c1-10(8(12)6-11)7-4-2-3-5-9-7/h2-5H,6H2,1H3. The average molecular weight is 165 g/mol. The van der Waals surface area contributed by atoms with Crippen LogP contribution in [0, 0.1) is 0 Å². The number of anilines is 1. The van der Waals surface area contributed by atoms with Crippen molar-refractivity contribution in [1.82, 2.24) is 4.98 Å². The quantitative estimate of drug-likeness (QED) is 0.639. The number of rotatable bonds is 2. The molecule has 0 atom stereocenters. The summed E-state index contributed by atoms with van der Waals surface area (Å²) in [5, 5.41) is 10.2. The molecular formula is C8H9N2O2. The Balaban J connectivity index is 2.78. The molecule has 4 nitrogen and oxygen atoms in total. The molecule has 1 aromatic heterocycles. The molecule has 0 saturated carbocycles. The fraction of sp³-hybridized carbons (Fsp3) is 0.250. The zero-order chi connectivity index (χ0) is 8.97. The second kappa shape index (κ2) is 3.82. The summed E-state index contributed by atoms with van der Waals surface area (Å²) in [6, 6.07) is 5.18. The summed E-state index contributed by atoms with van der Waals surface area (Å²) in [6.45, 7) is -0.743. The molecule has 0 spiro atoms. The highest BCUT2D eigenvalue weighted by atomic mass is 16.3. The Morgan fingerprint density at radius 1 is 1.58 bits per heavy atom. The maximum atomic E-state index is 10.9. The third-order valence-corrected chi connectivity index (χ3v) is 1.49. The van der Waals surface area contributed by atoms with Crippen molar-refractivity contribution in [2.24, 2.45) is 0 Å². The van der Waals surface area contributed by atoms with Crippen LogP contribution in [0.3, 0.4) is 0 Å². The van der Waals surface area contributed by atoms with Gasteiger partial charge in [0.05, 0.1) is 0 Å². The number of likely N-dealkylation sites (N-methyl/N-ethyl adjacent to an activating group) is 1. The molecule has 4 heteroatoms. The third-order valence-electron chi connectivity index (χ3n) is 1.49. The van der Waals surface area contributed by atoms with Crippen molar-refractivity contribution in [3.8, 4) is 0 Å². The van der Waals surface area contributed by atoms with Gasteiger partial charge in [-0.25, -0.2) is 10.1 Å². The van der Waals surface area contributed by atoms with Crippen LogP contribution in [-0.2, 0) is 9.90 Å². The first-order chi connectivity index (χ1) is 5.75. The minimum absolute atomic E-state index is 0.478. The van der Waals surface area contributed by atoms with Gasteiger partial charge >= 0.3 is 0 Å². The minimum atomic E-state index is -0.743. The summed E-state index contributed by atoms with van der Waals surface area (Å²) in [6.07, 6.45) is 1.57. The highest BCUT2D eigenvalue weighted by molar-refractivity contribution is 5.92. The minimum Gasteiger partial charge on any atom is -0.298 e. The Labute approximate surface area is 70.5 Å². The highest BCUT2D eigenvalue weighted by Crippen LogP contribution is 2.05. The third kappa shape index (κ3) is 1.79. The average Bonchev–Trinajstić information content (AvgIpc) is 2.17. The molecule has 0 fully saturated rings. The van der Waals surface area contributed by atoms with E-state index in [-0.39, 0.29) is 0 Å². The van der Waals surface area contributed by atoms with E-state index < -0.39 is 12.5 Å². The van der Waals surface area contributed by atoms with Crippen LogP contribution >= 0.6 is 0 Å². The van der Waals surface area contributed by atoms with Crippen molar-refractivity contribution in [2.75, 3.05) is 18.6 Å². The molecule has 0 aliphatic rings.